The summed E-state index contributed by atoms with van der Waals surface area (Å²) in [6.45, 7) is 4.58. The lowest BCUT2D eigenvalue weighted by atomic mass is 9.97. The molecule has 16 heavy (non-hydrogen) atoms. The van der Waals surface area contributed by atoms with Crippen LogP contribution in [-0.4, -0.2) is 26.8 Å². The van der Waals surface area contributed by atoms with Crippen LogP contribution in [0.4, 0.5) is 10.1 Å². The maximum Gasteiger partial charge on any atom is 0.128 e. The Labute approximate surface area is 96.0 Å². The molecule has 0 fully saturated rings. The number of benzene rings is 1. The fraction of sp³-hybridized carbons (Fsp3) is 0.538. The number of rotatable bonds is 3. The third kappa shape index (κ3) is 2.05. The topological polar surface area (TPSA) is 12.5 Å². The number of hydrogen-bond acceptors (Lipinski definition) is 2. The summed E-state index contributed by atoms with van der Waals surface area (Å²) in [5, 5.41) is 0. The van der Waals surface area contributed by atoms with E-state index in [1.807, 2.05) is 13.0 Å². The molecule has 2 rings (SSSR count). The summed E-state index contributed by atoms with van der Waals surface area (Å²) in [5.41, 5.74) is 3.12. The summed E-state index contributed by atoms with van der Waals surface area (Å²) in [6, 6.07) is 3.44. The van der Waals surface area contributed by atoms with E-state index >= 15 is 0 Å². The standard InChI is InChI=1S/C13H18FNO/c1-10-5-6-12(14)11-4-3-7-15(13(10)11)8-9-16-2/h5-6H,3-4,7-9H2,1-2H3. The van der Waals surface area contributed by atoms with Crippen molar-refractivity contribution in [1.29, 1.82) is 0 Å². The van der Waals surface area contributed by atoms with Gasteiger partial charge in [-0.1, -0.05) is 6.07 Å². The van der Waals surface area contributed by atoms with Gasteiger partial charge in [0.05, 0.1) is 6.61 Å². The summed E-state index contributed by atoms with van der Waals surface area (Å²) >= 11 is 0. The van der Waals surface area contributed by atoms with Crippen molar-refractivity contribution in [2.45, 2.75) is 19.8 Å². The summed E-state index contributed by atoms with van der Waals surface area (Å²) in [4.78, 5) is 2.24. The fourth-order valence-corrected chi connectivity index (χ4v) is 2.39. The molecule has 0 spiro atoms. The van der Waals surface area contributed by atoms with Gasteiger partial charge in [0.15, 0.2) is 0 Å². The van der Waals surface area contributed by atoms with Crippen LogP contribution in [-0.2, 0) is 11.2 Å². The summed E-state index contributed by atoms with van der Waals surface area (Å²) in [7, 11) is 1.70. The highest BCUT2D eigenvalue weighted by Gasteiger charge is 2.21. The van der Waals surface area contributed by atoms with Crippen LogP contribution in [0.3, 0.4) is 0 Å². The van der Waals surface area contributed by atoms with Gasteiger partial charge >= 0.3 is 0 Å². The molecule has 1 heterocycles. The molecule has 1 aliphatic heterocycles. The Hall–Kier alpha value is -1.09. The molecule has 0 atom stereocenters. The minimum Gasteiger partial charge on any atom is -0.383 e. The molecule has 3 heteroatoms. The molecule has 0 unspecified atom stereocenters. The zero-order valence-electron chi connectivity index (χ0n) is 9.92. The van der Waals surface area contributed by atoms with Gasteiger partial charge in [-0.05, 0) is 31.4 Å². The largest absolute Gasteiger partial charge is 0.383 e. The number of nitrogens with zero attached hydrogens (tertiary/aromatic N) is 1. The van der Waals surface area contributed by atoms with E-state index in [4.69, 9.17) is 4.74 Å². The van der Waals surface area contributed by atoms with Gasteiger partial charge in [-0.3, -0.25) is 0 Å². The van der Waals surface area contributed by atoms with Crippen molar-refractivity contribution in [3.63, 3.8) is 0 Å². The maximum atomic E-state index is 13.7. The van der Waals surface area contributed by atoms with Gasteiger partial charge in [-0.15, -0.1) is 0 Å². The second-order valence-electron chi connectivity index (χ2n) is 4.27. The van der Waals surface area contributed by atoms with E-state index in [0.717, 1.165) is 42.7 Å². The monoisotopic (exact) mass is 223 g/mol. The molecule has 1 aromatic rings. The summed E-state index contributed by atoms with van der Waals surface area (Å²) in [6.07, 6.45) is 1.88. The number of ether oxygens (including phenoxy) is 1. The van der Waals surface area contributed by atoms with Crippen LogP contribution < -0.4 is 4.90 Å². The van der Waals surface area contributed by atoms with Gasteiger partial charge in [-0.2, -0.15) is 0 Å². The maximum absolute atomic E-state index is 13.7. The highest BCUT2D eigenvalue weighted by molar-refractivity contribution is 5.61. The van der Waals surface area contributed by atoms with Gasteiger partial charge in [-0.25, -0.2) is 4.39 Å². The molecule has 0 aromatic heterocycles. The van der Waals surface area contributed by atoms with E-state index in [0.29, 0.717) is 6.61 Å². The Morgan fingerprint density at radius 1 is 1.44 bits per heavy atom. The molecule has 0 radical (unpaired) electrons. The minimum atomic E-state index is -0.0669. The smallest absolute Gasteiger partial charge is 0.128 e. The van der Waals surface area contributed by atoms with Gasteiger partial charge in [0.2, 0.25) is 0 Å². The van der Waals surface area contributed by atoms with E-state index in [9.17, 15) is 4.39 Å². The molecule has 1 aliphatic rings. The van der Waals surface area contributed by atoms with Crippen molar-refractivity contribution < 1.29 is 9.13 Å². The molecular formula is C13H18FNO. The molecule has 0 aliphatic carbocycles. The minimum absolute atomic E-state index is 0.0669. The number of fused-ring (bicyclic) bond motifs is 1. The number of aryl methyl sites for hydroxylation is 1. The highest BCUT2D eigenvalue weighted by Crippen LogP contribution is 2.32. The van der Waals surface area contributed by atoms with Crippen molar-refractivity contribution in [1.82, 2.24) is 0 Å². The van der Waals surface area contributed by atoms with Crippen molar-refractivity contribution in [2.24, 2.45) is 0 Å². The predicted octanol–water partition coefficient (Wildman–Crippen LogP) is 2.53. The Morgan fingerprint density at radius 2 is 2.25 bits per heavy atom. The van der Waals surface area contributed by atoms with E-state index in [2.05, 4.69) is 4.90 Å². The molecule has 88 valence electrons. The number of hydrogen-bond donors (Lipinski definition) is 0. The van der Waals surface area contributed by atoms with Crippen molar-refractivity contribution in [2.75, 3.05) is 31.7 Å². The zero-order chi connectivity index (χ0) is 11.5. The van der Waals surface area contributed by atoms with Crippen LogP contribution in [0.2, 0.25) is 0 Å². The predicted molar refractivity (Wildman–Crippen MR) is 63.5 cm³/mol. The van der Waals surface area contributed by atoms with Gasteiger partial charge in [0.25, 0.3) is 0 Å². The van der Waals surface area contributed by atoms with E-state index in [1.54, 1.807) is 13.2 Å². The molecule has 0 N–H and O–H groups in total. The van der Waals surface area contributed by atoms with E-state index in [-0.39, 0.29) is 5.82 Å². The van der Waals surface area contributed by atoms with Gasteiger partial charge in [0, 0.05) is 31.5 Å². The summed E-state index contributed by atoms with van der Waals surface area (Å²) in [5.74, 6) is -0.0669. The molecule has 0 amide bonds. The number of methoxy groups -OCH3 is 1. The van der Waals surface area contributed by atoms with Crippen LogP contribution in [0.25, 0.3) is 0 Å². The fourth-order valence-electron chi connectivity index (χ4n) is 2.39. The number of anilines is 1. The van der Waals surface area contributed by atoms with Crippen molar-refractivity contribution in [3.05, 3.63) is 29.1 Å². The quantitative estimate of drug-likeness (QED) is 0.780. The van der Waals surface area contributed by atoms with Crippen LogP contribution in [0.15, 0.2) is 12.1 Å². The molecule has 0 saturated heterocycles. The first-order valence-corrected chi connectivity index (χ1v) is 5.76. The van der Waals surface area contributed by atoms with Crippen LogP contribution in [0, 0.1) is 12.7 Å². The Balaban J connectivity index is 2.33. The van der Waals surface area contributed by atoms with Gasteiger partial charge < -0.3 is 9.64 Å². The first kappa shape index (κ1) is 11.4. The van der Waals surface area contributed by atoms with E-state index < -0.39 is 0 Å². The molecular weight excluding hydrogens is 205 g/mol. The molecule has 1 aromatic carbocycles. The second-order valence-corrected chi connectivity index (χ2v) is 4.27. The zero-order valence-corrected chi connectivity index (χ0v) is 9.92. The molecule has 0 saturated carbocycles. The second kappa shape index (κ2) is 4.83. The molecule has 2 nitrogen and oxygen atoms in total. The lowest BCUT2D eigenvalue weighted by Crippen LogP contribution is -2.33. The Bertz CT molecular complexity index is 378. The lowest BCUT2D eigenvalue weighted by Gasteiger charge is -2.32. The van der Waals surface area contributed by atoms with E-state index in [1.165, 1.54) is 0 Å². The summed E-state index contributed by atoms with van der Waals surface area (Å²) < 4.78 is 18.8. The van der Waals surface area contributed by atoms with Crippen molar-refractivity contribution in [3.8, 4) is 0 Å². The lowest BCUT2D eigenvalue weighted by molar-refractivity contribution is 0.204. The third-order valence-electron chi connectivity index (χ3n) is 3.16. The Kier molecular flexibility index (Phi) is 3.44. The average Bonchev–Trinajstić information content (AvgIpc) is 2.31. The van der Waals surface area contributed by atoms with Crippen LogP contribution in [0.1, 0.15) is 17.5 Å². The SMILES string of the molecule is COCCN1CCCc2c(F)ccc(C)c21. The first-order chi connectivity index (χ1) is 7.74. The normalized spacial score (nSPS) is 15.1. The number of halogens is 1. The first-order valence-electron chi connectivity index (χ1n) is 5.76. The highest BCUT2D eigenvalue weighted by atomic mass is 19.1. The van der Waals surface area contributed by atoms with Crippen LogP contribution in [0.5, 0.6) is 0 Å². The van der Waals surface area contributed by atoms with Crippen molar-refractivity contribution >= 4 is 5.69 Å². The average molecular weight is 223 g/mol. The molecule has 0 bridgehead atoms. The third-order valence-corrected chi connectivity index (χ3v) is 3.16. The Morgan fingerprint density at radius 3 is 3.00 bits per heavy atom. The van der Waals surface area contributed by atoms with Gasteiger partial charge in [0.1, 0.15) is 5.82 Å². The van der Waals surface area contributed by atoms with Crippen LogP contribution >= 0.6 is 0 Å².